The van der Waals surface area contributed by atoms with E-state index >= 15 is 0 Å². The molecule has 1 fully saturated rings. The number of anilines is 2. The fraction of sp³-hybridized carbons (Fsp3) is 0.333. The number of β-lactam (4-membered cyclic amide) rings is 1. The molecule has 5 heterocycles. The summed E-state index contributed by atoms with van der Waals surface area (Å²) in [6.07, 6.45) is 2.16. The molecule has 0 bridgehead atoms. The maximum absolute atomic E-state index is 13.3. The molecule has 1 unspecified atom stereocenters. The number of aromatic amines is 1. The number of carboxylic acids is 2. The number of carboxylic acid groups (broad SMARTS) is 2. The monoisotopic (exact) mass is 650 g/mol. The van der Waals surface area contributed by atoms with E-state index in [2.05, 4.69) is 25.4 Å². The summed E-state index contributed by atoms with van der Waals surface area (Å²) in [6, 6.07) is 0.723. The number of aliphatic carboxylic acids is 2. The number of nitrogen functional groups attached to an aromatic ring is 1. The minimum Gasteiger partial charge on any atom is -0.478 e. The first-order chi connectivity index (χ1) is 20.3. The molecular formula is C24H25ClN9O7S2+. The lowest BCUT2D eigenvalue weighted by atomic mass is 10.0. The molecule has 0 aliphatic carbocycles. The number of rotatable bonds is 10. The van der Waals surface area contributed by atoms with Crippen molar-refractivity contribution in [2.75, 3.05) is 30.5 Å². The number of thioether (sulfide) groups is 1. The largest absolute Gasteiger partial charge is 0.478 e. The van der Waals surface area contributed by atoms with Gasteiger partial charge in [-0.15, -0.1) is 11.8 Å². The molecule has 43 heavy (non-hydrogen) atoms. The SMILES string of the molecule is C[C@H](O/N=C(\C(=O)N[C@@H]1C(=O)N2C(C(=O)O)=C(C[n+]3ccc4[nH]c(N(C)C)nc4c3)CSC12)c1nc(N)sc1Cl)C(=O)O. The molecular weight excluding hydrogens is 626 g/mol. The predicted octanol–water partition coefficient (Wildman–Crippen LogP) is 0.241. The number of hydrogen-bond donors (Lipinski definition) is 5. The number of nitrogens with one attached hydrogen (secondary N) is 2. The Kier molecular flexibility index (Phi) is 8.17. The first-order valence-electron chi connectivity index (χ1n) is 12.5. The molecule has 19 heteroatoms. The van der Waals surface area contributed by atoms with Crippen LogP contribution in [-0.2, 0) is 30.6 Å². The van der Waals surface area contributed by atoms with Crippen molar-refractivity contribution >= 4 is 86.3 Å². The van der Waals surface area contributed by atoms with Crippen LogP contribution in [0.3, 0.4) is 0 Å². The molecule has 16 nitrogen and oxygen atoms in total. The Morgan fingerprint density at radius 3 is 2.74 bits per heavy atom. The Labute approximate surface area is 256 Å². The molecule has 0 saturated carbocycles. The van der Waals surface area contributed by atoms with Crippen molar-refractivity contribution in [2.45, 2.75) is 31.0 Å². The van der Waals surface area contributed by atoms with E-state index in [4.69, 9.17) is 27.3 Å². The number of fused-ring (bicyclic) bond motifs is 2. The van der Waals surface area contributed by atoms with Gasteiger partial charge in [-0.1, -0.05) is 28.1 Å². The molecule has 2 amide bonds. The molecule has 3 atom stereocenters. The van der Waals surface area contributed by atoms with Crippen LogP contribution in [0, 0.1) is 0 Å². The summed E-state index contributed by atoms with van der Waals surface area (Å²) in [5, 5.41) is 24.6. The van der Waals surface area contributed by atoms with Gasteiger partial charge >= 0.3 is 11.9 Å². The highest BCUT2D eigenvalue weighted by Crippen LogP contribution is 2.40. The van der Waals surface area contributed by atoms with Crippen molar-refractivity contribution in [1.29, 1.82) is 0 Å². The lowest BCUT2D eigenvalue weighted by molar-refractivity contribution is -0.687. The summed E-state index contributed by atoms with van der Waals surface area (Å²) in [4.78, 5) is 69.6. The Balaban J connectivity index is 1.36. The zero-order valence-electron chi connectivity index (χ0n) is 22.8. The molecule has 0 spiro atoms. The first kappa shape index (κ1) is 30.1. The number of pyridine rings is 1. The van der Waals surface area contributed by atoms with Crippen molar-refractivity contribution in [3.63, 3.8) is 0 Å². The Bertz CT molecular complexity index is 1720. The number of amides is 2. The highest BCUT2D eigenvalue weighted by Gasteiger charge is 2.55. The number of halogens is 1. The maximum atomic E-state index is 13.3. The molecule has 0 aromatic carbocycles. The summed E-state index contributed by atoms with van der Waals surface area (Å²) in [5.74, 6) is -3.25. The molecule has 6 N–H and O–H groups in total. The smallest absolute Gasteiger partial charge is 0.352 e. The van der Waals surface area contributed by atoms with Gasteiger partial charge in [0.05, 0.1) is 5.52 Å². The zero-order chi connectivity index (χ0) is 31.2. The number of nitrogens with two attached hydrogens (primary N) is 1. The number of carbonyl (C=O) groups excluding carboxylic acids is 2. The van der Waals surface area contributed by atoms with Crippen LogP contribution in [-0.4, -0.2) is 96.9 Å². The van der Waals surface area contributed by atoms with Crippen LogP contribution in [0.25, 0.3) is 11.0 Å². The van der Waals surface area contributed by atoms with E-state index in [1.165, 1.54) is 18.7 Å². The average Bonchev–Trinajstić information content (AvgIpc) is 3.53. The van der Waals surface area contributed by atoms with E-state index in [0.29, 0.717) is 17.0 Å². The Morgan fingerprint density at radius 1 is 1.37 bits per heavy atom. The van der Waals surface area contributed by atoms with E-state index in [1.54, 1.807) is 17.0 Å². The number of aromatic nitrogens is 4. The Morgan fingerprint density at radius 2 is 2.12 bits per heavy atom. The van der Waals surface area contributed by atoms with E-state index in [0.717, 1.165) is 21.8 Å². The van der Waals surface area contributed by atoms with Crippen molar-refractivity contribution < 1.29 is 38.8 Å². The van der Waals surface area contributed by atoms with Gasteiger partial charge in [-0.25, -0.2) is 19.6 Å². The Hall–Kier alpha value is -4.42. The number of thiazole rings is 1. The van der Waals surface area contributed by atoms with Gasteiger partial charge in [0.1, 0.15) is 27.1 Å². The summed E-state index contributed by atoms with van der Waals surface area (Å²) < 4.78 is 1.78. The van der Waals surface area contributed by atoms with Crippen molar-refractivity contribution in [1.82, 2.24) is 25.2 Å². The topological polar surface area (TPSA) is 220 Å². The lowest BCUT2D eigenvalue weighted by Crippen LogP contribution is -2.71. The fourth-order valence-corrected chi connectivity index (χ4v) is 6.62. The van der Waals surface area contributed by atoms with Gasteiger partial charge in [0.2, 0.25) is 12.1 Å². The van der Waals surface area contributed by atoms with Crippen LogP contribution in [0.5, 0.6) is 0 Å². The third-order valence-electron chi connectivity index (χ3n) is 6.49. The van der Waals surface area contributed by atoms with Gasteiger partial charge in [-0.05, 0) is 6.92 Å². The molecule has 0 radical (unpaired) electrons. The first-order valence-corrected chi connectivity index (χ1v) is 14.8. The van der Waals surface area contributed by atoms with Crippen LogP contribution in [0.4, 0.5) is 11.1 Å². The van der Waals surface area contributed by atoms with E-state index in [1.807, 2.05) is 25.1 Å². The van der Waals surface area contributed by atoms with Gasteiger partial charge in [0.25, 0.3) is 11.8 Å². The second kappa shape index (κ2) is 11.7. The normalized spacial score (nSPS) is 19.1. The quantitative estimate of drug-likeness (QED) is 0.0862. The van der Waals surface area contributed by atoms with Crippen LogP contribution in [0.2, 0.25) is 4.34 Å². The molecule has 2 aliphatic heterocycles. The highest BCUT2D eigenvalue weighted by molar-refractivity contribution is 8.00. The van der Waals surface area contributed by atoms with Crippen molar-refractivity contribution in [3.8, 4) is 0 Å². The van der Waals surface area contributed by atoms with Gasteiger partial charge in [-0.3, -0.25) is 14.5 Å². The highest BCUT2D eigenvalue weighted by atomic mass is 35.5. The zero-order valence-corrected chi connectivity index (χ0v) is 25.2. The third kappa shape index (κ3) is 5.80. The molecule has 5 rings (SSSR count). The molecule has 1 saturated heterocycles. The van der Waals surface area contributed by atoms with Crippen molar-refractivity contribution in [2.24, 2.45) is 5.16 Å². The van der Waals surface area contributed by atoms with E-state index in [9.17, 15) is 24.3 Å². The molecule has 226 valence electrons. The van der Waals surface area contributed by atoms with Crippen LogP contribution in [0.1, 0.15) is 12.6 Å². The maximum Gasteiger partial charge on any atom is 0.352 e. The van der Waals surface area contributed by atoms with Crippen LogP contribution < -0.4 is 20.5 Å². The molecule has 3 aromatic rings. The summed E-state index contributed by atoms with van der Waals surface area (Å²) >= 11 is 8.29. The predicted molar refractivity (Wildman–Crippen MR) is 157 cm³/mol. The summed E-state index contributed by atoms with van der Waals surface area (Å²) in [5.41, 5.74) is 6.89. The van der Waals surface area contributed by atoms with Crippen molar-refractivity contribution in [3.05, 3.63) is 39.8 Å². The van der Waals surface area contributed by atoms with Crippen LogP contribution >= 0.6 is 34.7 Å². The molecule has 2 aliphatic rings. The second-order valence-electron chi connectivity index (χ2n) is 9.69. The number of nitrogens with zero attached hydrogens (tertiary/aromatic N) is 6. The lowest BCUT2D eigenvalue weighted by Gasteiger charge is -2.49. The average molecular weight is 651 g/mol. The number of imidazole rings is 1. The van der Waals surface area contributed by atoms with Gasteiger partial charge < -0.3 is 36.0 Å². The van der Waals surface area contributed by atoms with E-state index in [-0.39, 0.29) is 33.2 Å². The number of hydrogen-bond acceptors (Lipinski definition) is 12. The standard InChI is InChI=1S/C24H24ClN9O7S2/c1-9(21(37)38)41-31-14(13-17(25)43-23(26)30-13)18(35)29-15-19(36)34-16(22(39)40)10(8-42-20(15)34)6-33-5-4-11-12(7-33)28-24(27-11)32(2)3/h4-5,7,9,15,20H,6,8H2,1-3H3,(H5,26,29,30,35,37,38,39,40)/p+1/b31-14-/t9-,15+,20?/m0/s1. The minimum atomic E-state index is -1.41. The molecule has 3 aromatic heterocycles. The summed E-state index contributed by atoms with van der Waals surface area (Å²) in [7, 11) is 3.72. The third-order valence-corrected chi connectivity index (χ3v) is 8.92. The number of carbonyl (C=O) groups is 4. The second-order valence-corrected chi connectivity index (χ2v) is 12.4. The van der Waals surface area contributed by atoms with E-state index < -0.39 is 47.0 Å². The minimum absolute atomic E-state index is 0.00390. The number of H-pyrrole nitrogens is 1. The van der Waals surface area contributed by atoms with Crippen LogP contribution in [0.15, 0.2) is 34.9 Å². The number of oxime groups is 1. The van der Waals surface area contributed by atoms with Gasteiger partial charge in [0, 0.05) is 31.5 Å². The summed E-state index contributed by atoms with van der Waals surface area (Å²) in [6.45, 7) is 1.40. The van der Waals surface area contributed by atoms with Gasteiger partial charge in [-0.2, -0.15) is 4.57 Å². The van der Waals surface area contributed by atoms with Gasteiger partial charge in [0.15, 0.2) is 35.3 Å². The fourth-order valence-electron chi connectivity index (χ4n) is 4.36.